The van der Waals surface area contributed by atoms with Crippen molar-refractivity contribution in [1.29, 1.82) is 5.26 Å². The van der Waals surface area contributed by atoms with E-state index in [0.717, 1.165) is 5.56 Å². The number of hydrogen-bond acceptors (Lipinski definition) is 7. The molecule has 1 fully saturated rings. The molecular formula is C18H20ClN7O. The molecule has 8 nitrogen and oxygen atoms in total. The molecule has 0 unspecified atom stereocenters. The van der Waals surface area contributed by atoms with E-state index in [0.29, 0.717) is 43.3 Å². The third-order valence-electron chi connectivity index (χ3n) is 4.74. The molecule has 140 valence electrons. The van der Waals surface area contributed by atoms with Gasteiger partial charge in [-0.15, -0.1) is 0 Å². The van der Waals surface area contributed by atoms with Crippen molar-refractivity contribution in [2.45, 2.75) is 24.9 Å². The van der Waals surface area contributed by atoms with Gasteiger partial charge in [-0.25, -0.2) is 9.97 Å². The van der Waals surface area contributed by atoms with E-state index >= 15 is 0 Å². The van der Waals surface area contributed by atoms with E-state index < -0.39 is 5.54 Å². The summed E-state index contributed by atoms with van der Waals surface area (Å²) in [5.41, 5.74) is 12.3. The fraction of sp³-hybridized carbons (Fsp3) is 0.333. The van der Waals surface area contributed by atoms with Crippen LogP contribution in [0, 0.1) is 11.3 Å². The molecule has 1 aromatic carbocycles. The number of anilines is 2. The van der Waals surface area contributed by atoms with Crippen molar-refractivity contribution in [2.75, 3.05) is 23.7 Å². The molecule has 1 aliphatic rings. The molecule has 1 aromatic heterocycles. The van der Waals surface area contributed by atoms with Gasteiger partial charge in [0.25, 0.3) is 0 Å². The smallest absolute Gasteiger partial charge is 0.240 e. The maximum Gasteiger partial charge on any atom is 0.240 e. The van der Waals surface area contributed by atoms with Crippen molar-refractivity contribution < 1.29 is 4.79 Å². The molecule has 0 spiro atoms. The molecule has 0 radical (unpaired) electrons. The maximum atomic E-state index is 12.6. The lowest BCUT2D eigenvalue weighted by atomic mass is 9.87. The van der Waals surface area contributed by atoms with Crippen molar-refractivity contribution in [2.24, 2.45) is 5.73 Å². The molecule has 27 heavy (non-hydrogen) atoms. The number of amides is 1. The Morgan fingerprint density at radius 3 is 2.59 bits per heavy atom. The van der Waals surface area contributed by atoms with Crippen LogP contribution < -0.4 is 21.7 Å². The minimum absolute atomic E-state index is 0.146. The van der Waals surface area contributed by atoms with Crippen molar-refractivity contribution in [3.63, 3.8) is 0 Å². The second-order valence-corrected chi connectivity index (χ2v) is 6.96. The van der Waals surface area contributed by atoms with E-state index in [1.165, 1.54) is 6.33 Å². The van der Waals surface area contributed by atoms with Crippen molar-refractivity contribution in [1.82, 2.24) is 15.3 Å². The molecule has 2 aromatic rings. The van der Waals surface area contributed by atoms with Gasteiger partial charge in [0.15, 0.2) is 5.82 Å². The average Bonchev–Trinajstić information content (AvgIpc) is 2.67. The van der Waals surface area contributed by atoms with Crippen LogP contribution in [0.4, 0.5) is 11.6 Å². The average molecular weight is 386 g/mol. The summed E-state index contributed by atoms with van der Waals surface area (Å²) >= 11 is 5.86. The Morgan fingerprint density at radius 1 is 1.30 bits per heavy atom. The Bertz CT molecular complexity index is 870. The lowest BCUT2D eigenvalue weighted by Gasteiger charge is -2.38. The molecule has 9 heteroatoms. The lowest BCUT2D eigenvalue weighted by molar-refractivity contribution is -0.127. The topological polar surface area (TPSA) is 134 Å². The van der Waals surface area contributed by atoms with Gasteiger partial charge in [-0.1, -0.05) is 23.7 Å². The van der Waals surface area contributed by atoms with Gasteiger partial charge in [0.05, 0.1) is 5.54 Å². The van der Waals surface area contributed by atoms with Gasteiger partial charge in [0.2, 0.25) is 5.91 Å². The van der Waals surface area contributed by atoms with E-state index in [1.54, 1.807) is 12.1 Å². The predicted octanol–water partition coefficient (Wildman–Crippen LogP) is 1.20. The molecule has 0 atom stereocenters. The number of rotatable bonds is 4. The summed E-state index contributed by atoms with van der Waals surface area (Å²) in [5.74, 6) is 0.432. The number of carbonyl (C=O) groups excluding carboxylic acids is 1. The molecule has 2 heterocycles. The molecular weight excluding hydrogens is 366 g/mol. The number of nitrogens with zero attached hydrogens (tertiary/aromatic N) is 4. The summed E-state index contributed by atoms with van der Waals surface area (Å²) < 4.78 is 0. The highest BCUT2D eigenvalue weighted by Gasteiger charge is 2.38. The zero-order valence-corrected chi connectivity index (χ0v) is 15.4. The largest absolute Gasteiger partial charge is 0.382 e. The second kappa shape index (κ2) is 7.78. The second-order valence-electron chi connectivity index (χ2n) is 6.52. The first-order valence-electron chi connectivity index (χ1n) is 8.50. The zero-order chi connectivity index (χ0) is 19.4. The van der Waals surface area contributed by atoms with E-state index in [4.69, 9.17) is 23.1 Å². The summed E-state index contributed by atoms with van der Waals surface area (Å²) in [7, 11) is 0. The number of benzene rings is 1. The first kappa shape index (κ1) is 18.9. The highest BCUT2D eigenvalue weighted by atomic mass is 35.5. The molecule has 0 saturated carbocycles. The summed E-state index contributed by atoms with van der Waals surface area (Å²) in [6, 6.07) is 9.31. The monoisotopic (exact) mass is 385 g/mol. The Morgan fingerprint density at radius 2 is 1.96 bits per heavy atom. The van der Waals surface area contributed by atoms with Crippen LogP contribution in [0.1, 0.15) is 24.0 Å². The molecule has 0 bridgehead atoms. The fourth-order valence-corrected chi connectivity index (χ4v) is 3.17. The normalized spacial score (nSPS) is 15.8. The molecule has 3 rings (SSSR count). The number of nitrogens with two attached hydrogens (primary N) is 2. The number of hydrogen-bond donors (Lipinski definition) is 3. The first-order valence-corrected chi connectivity index (χ1v) is 8.88. The van der Waals surface area contributed by atoms with Gasteiger partial charge in [-0.3, -0.25) is 4.79 Å². The first-order chi connectivity index (χ1) is 12.9. The van der Waals surface area contributed by atoms with Crippen molar-refractivity contribution in [3.8, 4) is 6.07 Å². The van der Waals surface area contributed by atoms with Crippen molar-refractivity contribution >= 4 is 29.1 Å². The van der Waals surface area contributed by atoms with Crippen LogP contribution in [0.3, 0.4) is 0 Å². The summed E-state index contributed by atoms with van der Waals surface area (Å²) in [6.45, 7) is 1.38. The van der Waals surface area contributed by atoms with Crippen LogP contribution in [0.25, 0.3) is 0 Å². The number of piperidine rings is 1. The summed E-state index contributed by atoms with van der Waals surface area (Å²) in [4.78, 5) is 22.5. The minimum atomic E-state index is -0.964. The summed E-state index contributed by atoms with van der Waals surface area (Å²) in [6.07, 6.45) is 2.21. The quantitative estimate of drug-likeness (QED) is 0.719. The van der Waals surface area contributed by atoms with E-state index in [9.17, 15) is 10.1 Å². The number of nitrogen functional groups attached to an aromatic ring is 1. The van der Waals surface area contributed by atoms with Gasteiger partial charge in [0.1, 0.15) is 23.8 Å². The van der Waals surface area contributed by atoms with Gasteiger partial charge in [0, 0.05) is 24.7 Å². The number of nitriles is 1. The molecule has 5 N–H and O–H groups in total. The number of carbonyl (C=O) groups is 1. The highest BCUT2D eigenvalue weighted by molar-refractivity contribution is 6.30. The van der Waals surface area contributed by atoms with Crippen LogP contribution in [0.2, 0.25) is 5.02 Å². The van der Waals surface area contributed by atoms with Gasteiger partial charge < -0.3 is 21.7 Å². The lowest BCUT2D eigenvalue weighted by Crippen LogP contribution is -2.59. The van der Waals surface area contributed by atoms with Gasteiger partial charge in [-0.2, -0.15) is 5.26 Å². The Balaban J connectivity index is 1.62. The van der Waals surface area contributed by atoms with E-state index in [-0.39, 0.29) is 17.3 Å². The third-order valence-corrected chi connectivity index (χ3v) is 4.99. The molecule has 1 aliphatic heterocycles. The fourth-order valence-electron chi connectivity index (χ4n) is 3.04. The van der Waals surface area contributed by atoms with E-state index in [2.05, 4.69) is 15.3 Å². The Labute approximate surface area is 162 Å². The zero-order valence-electron chi connectivity index (χ0n) is 14.7. The maximum absolute atomic E-state index is 12.6. The number of nitrogens with one attached hydrogen (secondary N) is 1. The Hall–Kier alpha value is -2.89. The standard InChI is InChI=1S/C18H20ClN7O/c19-13-3-1-12(2-4-13)10-23-17(27)18(22)5-7-26(8-6-18)16-14(9-20)15(21)24-11-25-16/h1-4,11H,5-8,10,22H2,(H,23,27)(H2,21,24,25). The summed E-state index contributed by atoms with van der Waals surface area (Å²) in [5, 5.41) is 12.8. The number of halogens is 1. The van der Waals surface area contributed by atoms with Crippen LogP contribution >= 0.6 is 11.6 Å². The van der Waals surface area contributed by atoms with Crippen molar-refractivity contribution in [3.05, 3.63) is 46.7 Å². The molecule has 1 amide bonds. The molecule has 0 aliphatic carbocycles. The predicted molar refractivity (Wildman–Crippen MR) is 103 cm³/mol. The Kier molecular flexibility index (Phi) is 5.44. The van der Waals surface area contributed by atoms with Gasteiger partial charge in [-0.05, 0) is 30.5 Å². The number of aromatic nitrogens is 2. The molecule has 1 saturated heterocycles. The SMILES string of the molecule is N#Cc1c(N)ncnc1N1CCC(N)(C(=O)NCc2ccc(Cl)cc2)CC1. The minimum Gasteiger partial charge on any atom is -0.382 e. The van der Waals surface area contributed by atoms with Crippen LogP contribution in [0.5, 0.6) is 0 Å². The van der Waals surface area contributed by atoms with E-state index in [1.807, 2.05) is 23.1 Å². The third kappa shape index (κ3) is 4.10. The van der Waals surface area contributed by atoms with Crippen LogP contribution in [-0.4, -0.2) is 34.5 Å². The highest BCUT2D eigenvalue weighted by Crippen LogP contribution is 2.27. The van der Waals surface area contributed by atoms with Gasteiger partial charge >= 0.3 is 0 Å². The van der Waals surface area contributed by atoms with Crippen LogP contribution in [0.15, 0.2) is 30.6 Å². The van der Waals surface area contributed by atoms with Crippen LogP contribution in [-0.2, 0) is 11.3 Å².